The van der Waals surface area contributed by atoms with Gasteiger partial charge in [-0.15, -0.1) is 0 Å². The molecule has 1 N–H and O–H groups in total. The van der Waals surface area contributed by atoms with E-state index in [4.69, 9.17) is 4.74 Å². The van der Waals surface area contributed by atoms with E-state index in [1.54, 1.807) is 0 Å². The molecule has 1 aromatic carbocycles. The highest BCUT2D eigenvalue weighted by Gasteiger charge is 2.26. The first-order chi connectivity index (χ1) is 12.8. The first-order valence-electron chi connectivity index (χ1n) is 7.82. The highest BCUT2D eigenvalue weighted by atomic mass is 19.4. The second-order valence-corrected chi connectivity index (χ2v) is 5.61. The lowest BCUT2D eigenvalue weighted by atomic mass is 10.1. The number of benzene rings is 1. The molecular formula is C17H14F4N4O2. The summed E-state index contributed by atoms with van der Waals surface area (Å²) in [6.07, 6.45) is -2.51. The van der Waals surface area contributed by atoms with Gasteiger partial charge in [-0.05, 0) is 24.3 Å². The number of carbonyl (C=O) groups is 1. The number of nitrogens with one attached hydrogen (secondary N) is 1. The molecule has 10 heteroatoms. The van der Waals surface area contributed by atoms with Gasteiger partial charge in [-0.25, -0.2) is 13.9 Å². The number of aromatic nitrogens is 3. The van der Waals surface area contributed by atoms with Crippen molar-refractivity contribution in [3.8, 4) is 5.75 Å². The van der Waals surface area contributed by atoms with Crippen molar-refractivity contribution in [2.75, 3.05) is 19.0 Å². The third kappa shape index (κ3) is 4.15. The summed E-state index contributed by atoms with van der Waals surface area (Å²) in [6.45, 7) is -0.388. The number of hydrogen-bond donors (Lipinski definition) is 1. The number of ether oxygens (including phenoxy) is 1. The Morgan fingerprint density at radius 2 is 2.07 bits per heavy atom. The molecule has 2 heterocycles. The first-order valence-corrected chi connectivity index (χ1v) is 7.82. The van der Waals surface area contributed by atoms with Crippen molar-refractivity contribution >= 4 is 17.1 Å². The van der Waals surface area contributed by atoms with Crippen LogP contribution in [0.2, 0.25) is 0 Å². The SMILES string of the molecule is COc1ccc(C(=O)c2cc(NCCC(F)(F)F)c3nccn3n2)cc1F. The lowest BCUT2D eigenvalue weighted by Gasteiger charge is -2.11. The highest BCUT2D eigenvalue weighted by molar-refractivity contribution is 6.08. The number of alkyl halides is 3. The van der Waals surface area contributed by atoms with Crippen molar-refractivity contribution < 1.29 is 27.1 Å². The molecule has 0 bridgehead atoms. The van der Waals surface area contributed by atoms with Gasteiger partial charge in [-0.3, -0.25) is 4.79 Å². The van der Waals surface area contributed by atoms with E-state index < -0.39 is 24.2 Å². The van der Waals surface area contributed by atoms with Crippen LogP contribution in [0.4, 0.5) is 23.2 Å². The van der Waals surface area contributed by atoms with Crippen LogP contribution in [0, 0.1) is 5.82 Å². The second-order valence-electron chi connectivity index (χ2n) is 5.61. The Hall–Kier alpha value is -3.17. The zero-order chi connectivity index (χ0) is 19.6. The Labute approximate surface area is 150 Å². The lowest BCUT2D eigenvalue weighted by Crippen LogP contribution is -2.16. The van der Waals surface area contributed by atoms with Crippen molar-refractivity contribution in [3.05, 3.63) is 53.7 Å². The van der Waals surface area contributed by atoms with Gasteiger partial charge in [0, 0.05) is 24.5 Å². The zero-order valence-corrected chi connectivity index (χ0v) is 14.0. The molecule has 0 amide bonds. The average molecular weight is 382 g/mol. The van der Waals surface area contributed by atoms with Gasteiger partial charge >= 0.3 is 6.18 Å². The van der Waals surface area contributed by atoms with Gasteiger partial charge in [0.05, 0.1) is 19.2 Å². The van der Waals surface area contributed by atoms with Gasteiger partial charge in [0.1, 0.15) is 5.69 Å². The Bertz CT molecular complexity index is 985. The predicted octanol–water partition coefficient (Wildman–Crippen LogP) is 3.47. The zero-order valence-electron chi connectivity index (χ0n) is 14.0. The Balaban J connectivity index is 1.92. The third-order valence-electron chi connectivity index (χ3n) is 3.73. The molecule has 0 saturated carbocycles. The van der Waals surface area contributed by atoms with Crippen LogP contribution in [0.1, 0.15) is 22.5 Å². The molecule has 142 valence electrons. The molecule has 3 aromatic rings. The van der Waals surface area contributed by atoms with Gasteiger partial charge in [-0.1, -0.05) is 0 Å². The number of anilines is 1. The molecule has 0 aliphatic heterocycles. The molecule has 6 nitrogen and oxygen atoms in total. The van der Waals surface area contributed by atoms with E-state index in [2.05, 4.69) is 15.4 Å². The molecule has 3 rings (SSSR count). The molecule has 0 radical (unpaired) electrons. The van der Waals surface area contributed by atoms with Crippen molar-refractivity contribution in [3.63, 3.8) is 0 Å². The molecule has 0 unspecified atom stereocenters. The van der Waals surface area contributed by atoms with Gasteiger partial charge in [0.25, 0.3) is 0 Å². The van der Waals surface area contributed by atoms with E-state index in [0.717, 1.165) is 6.07 Å². The minimum absolute atomic E-state index is 0.0147. The fourth-order valence-electron chi connectivity index (χ4n) is 2.45. The Morgan fingerprint density at radius 1 is 1.30 bits per heavy atom. The average Bonchev–Trinajstić information content (AvgIpc) is 3.08. The largest absolute Gasteiger partial charge is 0.494 e. The number of rotatable bonds is 6. The van der Waals surface area contributed by atoms with E-state index in [-0.39, 0.29) is 34.9 Å². The number of hydrogen-bond acceptors (Lipinski definition) is 5. The molecule has 0 aliphatic rings. The molecule has 0 aliphatic carbocycles. The summed E-state index contributed by atoms with van der Waals surface area (Å²) in [4.78, 5) is 16.7. The van der Waals surface area contributed by atoms with Crippen LogP contribution in [0.3, 0.4) is 0 Å². The number of imidazole rings is 1. The number of carbonyl (C=O) groups excluding carboxylic acids is 1. The Kier molecular flexibility index (Phi) is 4.98. The van der Waals surface area contributed by atoms with Crippen LogP contribution in [0.15, 0.2) is 36.7 Å². The summed E-state index contributed by atoms with van der Waals surface area (Å²) < 4.78 is 57.0. The first kappa shape index (κ1) is 18.6. The van der Waals surface area contributed by atoms with Gasteiger partial charge in [0.15, 0.2) is 17.2 Å². The lowest BCUT2D eigenvalue weighted by molar-refractivity contribution is -0.131. The quantitative estimate of drug-likeness (QED) is 0.522. The topological polar surface area (TPSA) is 68.5 Å². The minimum Gasteiger partial charge on any atom is -0.494 e. The summed E-state index contributed by atoms with van der Waals surface area (Å²) in [5, 5.41) is 6.71. The van der Waals surface area contributed by atoms with Crippen LogP contribution in [-0.2, 0) is 0 Å². The number of fused-ring (bicyclic) bond motifs is 1. The Morgan fingerprint density at radius 3 is 2.74 bits per heavy atom. The molecule has 0 fully saturated rings. The van der Waals surface area contributed by atoms with Crippen LogP contribution in [0.25, 0.3) is 5.65 Å². The minimum atomic E-state index is -4.31. The van der Waals surface area contributed by atoms with Crippen molar-refractivity contribution in [1.82, 2.24) is 14.6 Å². The monoisotopic (exact) mass is 382 g/mol. The molecular weight excluding hydrogens is 368 g/mol. The summed E-state index contributed by atoms with van der Waals surface area (Å²) in [7, 11) is 1.30. The highest BCUT2D eigenvalue weighted by Crippen LogP contribution is 2.23. The summed E-state index contributed by atoms with van der Waals surface area (Å²) in [5.41, 5.74) is 0.451. The van der Waals surface area contributed by atoms with E-state index in [0.29, 0.717) is 0 Å². The van der Waals surface area contributed by atoms with Gasteiger partial charge in [-0.2, -0.15) is 18.3 Å². The number of halogens is 4. The van der Waals surface area contributed by atoms with E-state index in [1.807, 2.05) is 0 Å². The van der Waals surface area contributed by atoms with Crippen molar-refractivity contribution in [2.45, 2.75) is 12.6 Å². The smallest absolute Gasteiger partial charge is 0.390 e. The predicted molar refractivity (Wildman–Crippen MR) is 88.5 cm³/mol. The standard InChI is InChI=1S/C17H14F4N4O2/c1-27-14-3-2-10(8-11(14)18)15(26)12-9-13(22-5-4-17(19,20)21)16-23-6-7-25(16)24-12/h2-3,6-9,22H,4-5H2,1H3. The van der Waals surface area contributed by atoms with Crippen molar-refractivity contribution in [1.29, 1.82) is 0 Å². The number of ketones is 1. The van der Waals surface area contributed by atoms with Crippen LogP contribution in [0.5, 0.6) is 5.75 Å². The maximum atomic E-state index is 13.9. The third-order valence-corrected chi connectivity index (χ3v) is 3.73. The van der Waals surface area contributed by atoms with Crippen LogP contribution >= 0.6 is 0 Å². The van der Waals surface area contributed by atoms with Crippen LogP contribution in [-0.4, -0.2) is 40.2 Å². The van der Waals surface area contributed by atoms with E-state index >= 15 is 0 Å². The van der Waals surface area contributed by atoms with E-state index in [1.165, 1.54) is 42.2 Å². The molecule has 0 atom stereocenters. The molecule has 27 heavy (non-hydrogen) atoms. The fraction of sp³-hybridized carbons (Fsp3) is 0.235. The van der Waals surface area contributed by atoms with Crippen molar-refractivity contribution in [2.24, 2.45) is 0 Å². The molecule has 0 saturated heterocycles. The molecule has 2 aromatic heterocycles. The summed E-state index contributed by atoms with van der Waals surface area (Å²) >= 11 is 0. The van der Waals surface area contributed by atoms with Gasteiger partial charge in [0.2, 0.25) is 5.78 Å². The van der Waals surface area contributed by atoms with Gasteiger partial charge < -0.3 is 10.1 Å². The number of nitrogens with zero attached hydrogens (tertiary/aromatic N) is 3. The summed E-state index contributed by atoms with van der Waals surface area (Å²) in [5.74, 6) is -1.32. The second kappa shape index (κ2) is 7.22. The van der Waals surface area contributed by atoms with Crippen LogP contribution < -0.4 is 10.1 Å². The van der Waals surface area contributed by atoms with E-state index in [9.17, 15) is 22.4 Å². The fourth-order valence-corrected chi connectivity index (χ4v) is 2.45. The number of methoxy groups -OCH3 is 1. The molecule has 0 spiro atoms. The summed E-state index contributed by atoms with van der Waals surface area (Å²) in [6, 6.07) is 4.99. The maximum Gasteiger partial charge on any atom is 0.390 e. The maximum absolute atomic E-state index is 13.9. The normalized spacial score (nSPS) is 11.6.